The smallest absolute Gasteiger partial charge is 0.336 e. The molecule has 2 aromatic carbocycles. The number of nitrogens with zero attached hydrogens (tertiary/aromatic N) is 2. The van der Waals surface area contributed by atoms with Crippen LogP contribution in [-0.4, -0.2) is 30.2 Å². The molecule has 1 fully saturated rings. The Hall–Kier alpha value is -3.00. The molecule has 3 rings (SSSR count). The van der Waals surface area contributed by atoms with E-state index < -0.39 is 5.97 Å². The number of para-hydroxylation sites is 1. The average Bonchev–Trinajstić information content (AvgIpc) is 2.64. The van der Waals surface area contributed by atoms with Gasteiger partial charge in [0.05, 0.1) is 16.8 Å². The monoisotopic (exact) mass is 349 g/mol. The summed E-state index contributed by atoms with van der Waals surface area (Å²) in [6.45, 7) is 5.42. The quantitative estimate of drug-likeness (QED) is 0.874. The van der Waals surface area contributed by atoms with Crippen LogP contribution in [0.2, 0.25) is 0 Å². The Kier molecular flexibility index (Phi) is 5.13. The number of benzene rings is 2. The minimum Gasteiger partial charge on any atom is -0.478 e. The maximum absolute atomic E-state index is 11.5. The van der Waals surface area contributed by atoms with Crippen molar-refractivity contribution in [2.45, 2.75) is 32.7 Å². The maximum Gasteiger partial charge on any atom is 0.336 e. The zero-order valence-electron chi connectivity index (χ0n) is 15.1. The van der Waals surface area contributed by atoms with Gasteiger partial charge >= 0.3 is 5.97 Å². The first-order valence-corrected chi connectivity index (χ1v) is 8.85. The zero-order valence-corrected chi connectivity index (χ0v) is 15.1. The van der Waals surface area contributed by atoms with Crippen molar-refractivity contribution in [2.75, 3.05) is 23.3 Å². The molecule has 0 radical (unpaired) electrons. The summed E-state index contributed by atoms with van der Waals surface area (Å²) in [5.74, 6) is -0.883. The average molecular weight is 349 g/mol. The minimum atomic E-state index is -0.883. The Morgan fingerprint density at radius 1 is 1.19 bits per heavy atom. The van der Waals surface area contributed by atoms with Crippen molar-refractivity contribution in [3.8, 4) is 6.07 Å². The molecule has 1 aliphatic heterocycles. The lowest BCUT2D eigenvalue weighted by Crippen LogP contribution is -2.39. The second kappa shape index (κ2) is 7.49. The highest BCUT2D eigenvalue weighted by Gasteiger charge is 2.22. The van der Waals surface area contributed by atoms with Gasteiger partial charge in [0.1, 0.15) is 6.07 Å². The molecule has 0 saturated carbocycles. The Morgan fingerprint density at radius 2 is 1.88 bits per heavy atom. The van der Waals surface area contributed by atoms with E-state index in [-0.39, 0.29) is 0 Å². The van der Waals surface area contributed by atoms with Gasteiger partial charge in [0, 0.05) is 24.8 Å². The van der Waals surface area contributed by atoms with E-state index in [2.05, 4.69) is 16.3 Å². The third-order valence-corrected chi connectivity index (χ3v) is 5.11. The first kappa shape index (κ1) is 17.8. The number of carbonyl (C=O) groups is 1. The molecule has 2 aromatic rings. The molecule has 1 heterocycles. The molecule has 26 heavy (non-hydrogen) atoms. The second-order valence-electron chi connectivity index (χ2n) is 6.77. The van der Waals surface area contributed by atoms with E-state index in [0.717, 1.165) is 48.4 Å². The van der Waals surface area contributed by atoms with Crippen LogP contribution in [0.3, 0.4) is 0 Å². The van der Waals surface area contributed by atoms with Crippen molar-refractivity contribution in [1.29, 1.82) is 5.26 Å². The first-order chi connectivity index (χ1) is 12.5. The van der Waals surface area contributed by atoms with Gasteiger partial charge < -0.3 is 15.3 Å². The summed E-state index contributed by atoms with van der Waals surface area (Å²) in [4.78, 5) is 13.7. The topological polar surface area (TPSA) is 76.4 Å². The lowest BCUT2D eigenvalue weighted by atomic mass is 9.98. The SMILES string of the molecule is Cc1ccc(NC2CCN(c3ccccc3C#N)CC2)c(C)c1C(=O)O. The predicted octanol–water partition coefficient (Wildman–Crippen LogP) is 3.95. The van der Waals surface area contributed by atoms with Crippen LogP contribution >= 0.6 is 0 Å². The van der Waals surface area contributed by atoms with Gasteiger partial charge in [-0.25, -0.2) is 4.79 Å². The van der Waals surface area contributed by atoms with Crippen LogP contribution in [0.4, 0.5) is 11.4 Å². The molecule has 0 spiro atoms. The highest BCUT2D eigenvalue weighted by atomic mass is 16.4. The van der Waals surface area contributed by atoms with Crippen LogP contribution in [-0.2, 0) is 0 Å². The fraction of sp³-hybridized carbons (Fsp3) is 0.333. The summed E-state index contributed by atoms with van der Waals surface area (Å²) in [7, 11) is 0. The number of aryl methyl sites for hydroxylation is 1. The lowest BCUT2D eigenvalue weighted by Gasteiger charge is -2.35. The van der Waals surface area contributed by atoms with Gasteiger partial charge in [0.2, 0.25) is 0 Å². The van der Waals surface area contributed by atoms with Crippen LogP contribution in [0, 0.1) is 25.2 Å². The van der Waals surface area contributed by atoms with Gasteiger partial charge in [-0.15, -0.1) is 0 Å². The molecule has 134 valence electrons. The number of carboxylic acids is 1. The number of carboxylic acid groups (broad SMARTS) is 1. The van der Waals surface area contributed by atoms with E-state index in [1.807, 2.05) is 50.2 Å². The zero-order chi connectivity index (χ0) is 18.7. The normalized spacial score (nSPS) is 14.7. The summed E-state index contributed by atoms with van der Waals surface area (Å²) in [6, 6.07) is 14.1. The van der Waals surface area contributed by atoms with Crippen LogP contribution < -0.4 is 10.2 Å². The molecule has 0 unspecified atom stereocenters. The molecule has 0 amide bonds. The Morgan fingerprint density at radius 3 is 2.54 bits per heavy atom. The second-order valence-corrected chi connectivity index (χ2v) is 6.77. The third kappa shape index (κ3) is 3.50. The largest absolute Gasteiger partial charge is 0.478 e. The molecule has 0 atom stereocenters. The number of nitrogens with one attached hydrogen (secondary N) is 1. The van der Waals surface area contributed by atoms with Gasteiger partial charge in [0.25, 0.3) is 0 Å². The van der Waals surface area contributed by atoms with Crippen LogP contribution in [0.5, 0.6) is 0 Å². The van der Waals surface area contributed by atoms with Crippen molar-refractivity contribution in [1.82, 2.24) is 0 Å². The molecule has 2 N–H and O–H groups in total. The van der Waals surface area contributed by atoms with E-state index in [9.17, 15) is 15.2 Å². The number of nitriles is 1. The highest BCUT2D eigenvalue weighted by molar-refractivity contribution is 5.93. The van der Waals surface area contributed by atoms with E-state index in [0.29, 0.717) is 17.2 Å². The van der Waals surface area contributed by atoms with Crippen molar-refractivity contribution in [3.63, 3.8) is 0 Å². The molecule has 5 heteroatoms. The van der Waals surface area contributed by atoms with Gasteiger partial charge in [-0.2, -0.15) is 5.26 Å². The number of hydrogen-bond donors (Lipinski definition) is 2. The molecule has 0 bridgehead atoms. The molecule has 0 aliphatic carbocycles. The number of rotatable bonds is 4. The van der Waals surface area contributed by atoms with Crippen LogP contribution in [0.25, 0.3) is 0 Å². The van der Waals surface area contributed by atoms with Gasteiger partial charge in [-0.1, -0.05) is 18.2 Å². The highest BCUT2D eigenvalue weighted by Crippen LogP contribution is 2.27. The van der Waals surface area contributed by atoms with Gasteiger partial charge in [-0.3, -0.25) is 0 Å². The number of anilines is 2. The molecule has 1 aliphatic rings. The van der Waals surface area contributed by atoms with Gasteiger partial charge in [-0.05, 0) is 56.0 Å². The van der Waals surface area contributed by atoms with Gasteiger partial charge in [0.15, 0.2) is 0 Å². The molecule has 0 aromatic heterocycles. The number of aromatic carboxylic acids is 1. The Bertz CT molecular complexity index is 862. The molecule has 5 nitrogen and oxygen atoms in total. The Balaban J connectivity index is 1.69. The van der Waals surface area contributed by atoms with Crippen molar-refractivity contribution in [3.05, 3.63) is 58.7 Å². The third-order valence-electron chi connectivity index (χ3n) is 5.11. The van der Waals surface area contributed by atoms with E-state index >= 15 is 0 Å². The first-order valence-electron chi connectivity index (χ1n) is 8.85. The standard InChI is InChI=1S/C21H23N3O2/c1-14-7-8-18(15(2)20(14)21(25)26)23-17-9-11-24(12-10-17)19-6-4-3-5-16(19)13-22/h3-8,17,23H,9-12H2,1-2H3,(H,25,26). The summed E-state index contributed by atoms with van der Waals surface area (Å²) in [5, 5.41) is 22.2. The molecular formula is C21H23N3O2. The molecule has 1 saturated heterocycles. The molecular weight excluding hydrogens is 326 g/mol. The summed E-state index contributed by atoms with van der Waals surface area (Å²) >= 11 is 0. The fourth-order valence-electron chi connectivity index (χ4n) is 3.66. The summed E-state index contributed by atoms with van der Waals surface area (Å²) < 4.78 is 0. The number of piperidine rings is 1. The van der Waals surface area contributed by atoms with E-state index in [4.69, 9.17) is 0 Å². The summed E-state index contributed by atoms with van der Waals surface area (Å²) in [6.07, 6.45) is 1.88. The summed E-state index contributed by atoms with van der Waals surface area (Å²) in [5.41, 5.74) is 4.55. The van der Waals surface area contributed by atoms with E-state index in [1.54, 1.807) is 0 Å². The van der Waals surface area contributed by atoms with Crippen molar-refractivity contribution in [2.24, 2.45) is 0 Å². The predicted molar refractivity (Wildman–Crippen MR) is 103 cm³/mol. The van der Waals surface area contributed by atoms with Crippen LogP contribution in [0.15, 0.2) is 36.4 Å². The fourth-order valence-corrected chi connectivity index (χ4v) is 3.66. The van der Waals surface area contributed by atoms with Crippen molar-refractivity contribution < 1.29 is 9.90 Å². The van der Waals surface area contributed by atoms with Crippen LogP contribution in [0.1, 0.15) is 39.9 Å². The maximum atomic E-state index is 11.5. The Labute approximate surface area is 153 Å². The number of hydrogen-bond acceptors (Lipinski definition) is 4. The van der Waals surface area contributed by atoms with E-state index in [1.165, 1.54) is 0 Å². The lowest BCUT2D eigenvalue weighted by molar-refractivity contribution is 0.0695. The minimum absolute atomic E-state index is 0.295. The van der Waals surface area contributed by atoms with Crippen molar-refractivity contribution >= 4 is 17.3 Å².